The number of imide groups is 1. The number of thiocarbonyl (C=S) groups is 1. The van der Waals surface area contributed by atoms with Crippen molar-refractivity contribution in [2.45, 2.75) is 58.9 Å². The smallest absolute Gasteiger partial charge is 0.346 e. The Morgan fingerprint density at radius 1 is 0.929 bits per heavy atom. The van der Waals surface area contributed by atoms with Gasteiger partial charge in [-0.1, -0.05) is 48.6 Å². The summed E-state index contributed by atoms with van der Waals surface area (Å²) >= 11 is 8.22. The highest BCUT2D eigenvalue weighted by atomic mass is 32.2. The minimum absolute atomic E-state index is 0.105. The minimum atomic E-state index is -1.05. The van der Waals surface area contributed by atoms with E-state index in [4.69, 9.17) is 21.7 Å². The van der Waals surface area contributed by atoms with Crippen LogP contribution in [0.5, 0.6) is 0 Å². The summed E-state index contributed by atoms with van der Waals surface area (Å²) in [5.41, 5.74) is 2.71. The Bertz CT molecular complexity index is 1470. The SMILES string of the molecule is COC(=O)C1=C(C(=O)OC)SC(=C2C(=S)C(C)(C)N(C(=O)CN3C(=O)[C@H]4CCCC[C@@H]4C3=O)c3cc(C)c(C)cc32)S1. The molecule has 222 valence electrons. The van der Waals surface area contributed by atoms with Crippen molar-refractivity contribution in [1.29, 1.82) is 0 Å². The average Bonchev–Trinajstić information content (AvgIpc) is 3.50. The van der Waals surface area contributed by atoms with Gasteiger partial charge in [-0.15, -0.1) is 0 Å². The maximum absolute atomic E-state index is 14.1. The molecule has 9 nitrogen and oxygen atoms in total. The molecule has 5 rings (SSSR count). The molecule has 0 aromatic heterocycles. The van der Waals surface area contributed by atoms with E-state index in [0.717, 1.165) is 52.4 Å². The molecule has 3 aliphatic heterocycles. The van der Waals surface area contributed by atoms with Crippen molar-refractivity contribution < 1.29 is 33.4 Å². The van der Waals surface area contributed by atoms with Crippen molar-refractivity contribution in [2.24, 2.45) is 11.8 Å². The fraction of sp³-hybridized carbons (Fsp3) is 0.467. The molecule has 0 radical (unpaired) electrons. The second-order valence-corrected chi connectivity index (χ2v) is 14.0. The molecular formula is C30H32N2O7S3. The molecule has 2 atom stereocenters. The van der Waals surface area contributed by atoms with E-state index in [1.807, 2.05) is 39.8 Å². The molecule has 12 heteroatoms. The number of carbonyl (C=O) groups is 5. The number of amides is 3. The van der Waals surface area contributed by atoms with Gasteiger partial charge in [-0.2, -0.15) is 0 Å². The zero-order valence-electron chi connectivity index (χ0n) is 24.3. The van der Waals surface area contributed by atoms with Gasteiger partial charge in [0, 0.05) is 11.1 Å². The molecule has 1 aromatic carbocycles. The van der Waals surface area contributed by atoms with Crippen LogP contribution in [0.15, 0.2) is 26.2 Å². The number of aryl methyl sites for hydroxylation is 2. The first-order valence-electron chi connectivity index (χ1n) is 13.7. The van der Waals surface area contributed by atoms with Gasteiger partial charge < -0.3 is 9.47 Å². The van der Waals surface area contributed by atoms with E-state index in [2.05, 4.69) is 0 Å². The molecule has 1 aliphatic carbocycles. The zero-order chi connectivity index (χ0) is 30.7. The number of rotatable bonds is 4. The summed E-state index contributed by atoms with van der Waals surface area (Å²) in [7, 11) is 2.48. The van der Waals surface area contributed by atoms with Crippen LogP contribution >= 0.6 is 35.7 Å². The average molecular weight is 629 g/mol. The van der Waals surface area contributed by atoms with Crippen LogP contribution in [0, 0.1) is 25.7 Å². The van der Waals surface area contributed by atoms with Crippen LogP contribution in [0.3, 0.4) is 0 Å². The molecule has 3 heterocycles. The third kappa shape index (κ3) is 4.81. The summed E-state index contributed by atoms with van der Waals surface area (Å²) in [6.07, 6.45) is 3.14. The van der Waals surface area contributed by atoms with Crippen LogP contribution in [0.1, 0.15) is 56.2 Å². The maximum Gasteiger partial charge on any atom is 0.346 e. The summed E-state index contributed by atoms with van der Waals surface area (Å²) in [6.45, 7) is 7.16. The third-order valence-electron chi connectivity index (χ3n) is 8.48. The van der Waals surface area contributed by atoms with Crippen molar-refractivity contribution in [2.75, 3.05) is 25.7 Å². The Morgan fingerprint density at radius 2 is 1.43 bits per heavy atom. The van der Waals surface area contributed by atoms with Gasteiger partial charge in [-0.3, -0.25) is 24.2 Å². The minimum Gasteiger partial charge on any atom is -0.465 e. The Hall–Kier alpha value is -2.96. The van der Waals surface area contributed by atoms with Gasteiger partial charge in [-0.05, 0) is 63.8 Å². The fourth-order valence-electron chi connectivity index (χ4n) is 6.11. The van der Waals surface area contributed by atoms with Crippen LogP contribution in [0.2, 0.25) is 0 Å². The first-order valence-corrected chi connectivity index (χ1v) is 15.7. The fourth-order valence-corrected chi connectivity index (χ4v) is 9.15. The van der Waals surface area contributed by atoms with Crippen molar-refractivity contribution in [3.8, 4) is 0 Å². The number of hydrogen-bond donors (Lipinski definition) is 0. The lowest BCUT2D eigenvalue weighted by atomic mass is 9.81. The van der Waals surface area contributed by atoms with Gasteiger partial charge in [0.05, 0.1) is 46.4 Å². The van der Waals surface area contributed by atoms with Crippen LogP contribution in [0.25, 0.3) is 5.57 Å². The highest BCUT2D eigenvalue weighted by molar-refractivity contribution is 8.29. The molecule has 0 unspecified atom stereocenters. The number of likely N-dealkylation sites (tertiary alicyclic amines) is 1. The van der Waals surface area contributed by atoms with E-state index in [1.165, 1.54) is 14.2 Å². The number of methoxy groups -OCH3 is 2. The Labute approximate surface area is 258 Å². The summed E-state index contributed by atoms with van der Waals surface area (Å²) in [6, 6.07) is 3.84. The second-order valence-electron chi connectivity index (χ2n) is 11.3. The summed E-state index contributed by atoms with van der Waals surface area (Å²) in [5, 5.41) is 0. The molecule has 1 aromatic rings. The van der Waals surface area contributed by atoms with E-state index >= 15 is 0 Å². The predicted octanol–water partition coefficient (Wildman–Crippen LogP) is 4.68. The molecule has 3 amide bonds. The molecule has 2 fully saturated rings. The lowest BCUT2D eigenvalue weighted by Gasteiger charge is -2.46. The van der Waals surface area contributed by atoms with Gasteiger partial charge in [0.15, 0.2) is 0 Å². The highest BCUT2D eigenvalue weighted by Crippen LogP contribution is 2.56. The van der Waals surface area contributed by atoms with Gasteiger partial charge in [0.2, 0.25) is 17.7 Å². The van der Waals surface area contributed by atoms with Crippen LogP contribution in [-0.4, -0.2) is 65.7 Å². The molecule has 0 bridgehead atoms. The number of nitrogens with zero attached hydrogens (tertiary/aromatic N) is 2. The number of thioether (sulfide) groups is 2. The number of hydrogen-bond acceptors (Lipinski definition) is 10. The normalized spacial score (nSPS) is 23.3. The highest BCUT2D eigenvalue weighted by Gasteiger charge is 2.51. The van der Waals surface area contributed by atoms with Gasteiger partial charge in [0.25, 0.3) is 0 Å². The van der Waals surface area contributed by atoms with Gasteiger partial charge in [-0.25, -0.2) is 9.59 Å². The number of anilines is 1. The van der Waals surface area contributed by atoms with Crippen LogP contribution < -0.4 is 4.90 Å². The third-order valence-corrected chi connectivity index (χ3v) is 11.7. The number of ether oxygens (including phenoxy) is 2. The molecule has 1 saturated heterocycles. The molecular weight excluding hydrogens is 597 g/mol. The van der Waals surface area contributed by atoms with E-state index in [9.17, 15) is 24.0 Å². The lowest BCUT2D eigenvalue weighted by Crippen LogP contribution is -2.58. The van der Waals surface area contributed by atoms with E-state index in [0.29, 0.717) is 38.8 Å². The topological polar surface area (TPSA) is 110 Å². The van der Waals surface area contributed by atoms with Crippen molar-refractivity contribution in [3.05, 3.63) is 42.9 Å². The van der Waals surface area contributed by atoms with E-state index in [1.54, 1.807) is 4.90 Å². The van der Waals surface area contributed by atoms with Crippen LogP contribution in [-0.2, 0) is 33.4 Å². The summed E-state index contributed by atoms with van der Waals surface area (Å²) in [5.74, 6) is -2.97. The largest absolute Gasteiger partial charge is 0.465 e. The molecule has 0 N–H and O–H groups in total. The van der Waals surface area contributed by atoms with Gasteiger partial charge in [0.1, 0.15) is 16.4 Å². The number of esters is 2. The number of fused-ring (bicyclic) bond motifs is 2. The summed E-state index contributed by atoms with van der Waals surface area (Å²) < 4.78 is 10.4. The Kier molecular flexibility index (Phi) is 8.19. The van der Waals surface area contributed by atoms with E-state index in [-0.39, 0.29) is 40.0 Å². The monoisotopic (exact) mass is 628 g/mol. The zero-order valence-corrected chi connectivity index (χ0v) is 26.8. The number of benzene rings is 1. The first-order chi connectivity index (χ1) is 19.8. The Morgan fingerprint density at radius 3 is 1.93 bits per heavy atom. The molecule has 4 aliphatic rings. The predicted molar refractivity (Wildman–Crippen MR) is 165 cm³/mol. The maximum atomic E-state index is 14.1. The van der Waals surface area contributed by atoms with Gasteiger partial charge >= 0.3 is 11.9 Å². The summed E-state index contributed by atoms with van der Waals surface area (Å²) in [4.78, 5) is 69.1. The quantitative estimate of drug-likeness (QED) is 0.202. The lowest BCUT2D eigenvalue weighted by molar-refractivity contribution is -0.143. The molecule has 1 saturated carbocycles. The molecule has 42 heavy (non-hydrogen) atoms. The van der Waals surface area contributed by atoms with Crippen molar-refractivity contribution in [1.82, 2.24) is 4.90 Å². The standard InChI is InChI=1S/C30H32N2O7S3/c1-14-11-18-19(12-15(14)2)32(20(33)13-31-25(34)16-9-7-8-10-17(16)26(31)35)30(3,4)24(40)21(18)29-41-22(27(36)38-5)23(42-29)28(37)39-6/h11-12,16-17H,7-10,13H2,1-6H3/t16-,17-/m0/s1. The van der Waals surface area contributed by atoms with Crippen molar-refractivity contribution >= 4 is 81.5 Å². The molecule has 0 spiro atoms. The Balaban J connectivity index is 1.59. The van der Waals surface area contributed by atoms with E-state index < -0.39 is 23.4 Å². The second kappa shape index (κ2) is 11.3. The van der Waals surface area contributed by atoms with Crippen molar-refractivity contribution in [3.63, 3.8) is 0 Å². The number of carbonyl (C=O) groups excluding carboxylic acids is 5. The van der Waals surface area contributed by atoms with Crippen LogP contribution in [0.4, 0.5) is 5.69 Å². The first kappa shape index (κ1) is 30.5.